The molecule has 5 heteroatoms. The second-order valence-electron chi connectivity index (χ2n) is 5.76. The summed E-state index contributed by atoms with van der Waals surface area (Å²) < 4.78 is 32.2. The molecule has 0 fully saturated rings. The van der Waals surface area contributed by atoms with Crippen LogP contribution in [0.25, 0.3) is 0 Å². The minimum absolute atomic E-state index is 0.0986. The predicted molar refractivity (Wildman–Crippen MR) is 92.6 cm³/mol. The normalized spacial score (nSPS) is 12.1. The van der Waals surface area contributed by atoms with Crippen molar-refractivity contribution in [1.29, 1.82) is 0 Å². The highest BCUT2D eigenvalue weighted by Crippen LogP contribution is 2.15. The SMILES string of the molecule is C#CCOC[C@@H](O)CN(Cc1ccccc1)Cc1ccc(F)cc1F. The van der Waals surface area contributed by atoms with E-state index in [1.165, 1.54) is 12.1 Å². The lowest BCUT2D eigenvalue weighted by molar-refractivity contribution is 0.0241. The third-order valence-electron chi connectivity index (χ3n) is 3.62. The molecule has 132 valence electrons. The number of halogens is 2. The molecule has 0 heterocycles. The van der Waals surface area contributed by atoms with Gasteiger partial charge in [0.1, 0.15) is 18.2 Å². The topological polar surface area (TPSA) is 32.7 Å². The van der Waals surface area contributed by atoms with Crippen molar-refractivity contribution >= 4 is 0 Å². The molecule has 2 aromatic rings. The van der Waals surface area contributed by atoms with Gasteiger partial charge in [0, 0.05) is 31.3 Å². The zero-order valence-electron chi connectivity index (χ0n) is 13.9. The van der Waals surface area contributed by atoms with Crippen molar-refractivity contribution < 1.29 is 18.6 Å². The van der Waals surface area contributed by atoms with E-state index in [4.69, 9.17) is 11.2 Å². The number of nitrogens with zero attached hydrogens (tertiary/aromatic N) is 1. The quantitative estimate of drug-likeness (QED) is 0.560. The van der Waals surface area contributed by atoms with Crippen LogP contribution in [0.2, 0.25) is 0 Å². The van der Waals surface area contributed by atoms with Crippen molar-refractivity contribution in [3.8, 4) is 12.3 Å². The molecule has 25 heavy (non-hydrogen) atoms. The standard InChI is InChI=1S/C20H21F2NO2/c1-2-10-25-15-19(24)14-23(12-16-6-4-3-5-7-16)13-17-8-9-18(21)11-20(17)22/h1,3-9,11,19,24H,10,12-15H2/t19-/m0/s1. The lowest BCUT2D eigenvalue weighted by atomic mass is 10.1. The molecular formula is C20H21F2NO2. The molecule has 0 saturated heterocycles. The molecule has 1 atom stereocenters. The van der Waals surface area contributed by atoms with Crippen LogP contribution in [0.5, 0.6) is 0 Å². The number of aliphatic hydroxyl groups is 1. The van der Waals surface area contributed by atoms with Crippen LogP contribution in [0, 0.1) is 24.0 Å². The number of hydrogen-bond donors (Lipinski definition) is 1. The Morgan fingerprint density at radius 3 is 2.56 bits per heavy atom. The molecule has 2 aromatic carbocycles. The van der Waals surface area contributed by atoms with E-state index in [0.29, 0.717) is 12.1 Å². The molecule has 2 rings (SSSR count). The van der Waals surface area contributed by atoms with Crippen molar-refractivity contribution in [3.63, 3.8) is 0 Å². The molecule has 0 amide bonds. The number of aliphatic hydroxyl groups excluding tert-OH is 1. The molecule has 0 radical (unpaired) electrons. The Bertz CT molecular complexity index is 701. The molecule has 0 unspecified atom stereocenters. The summed E-state index contributed by atoms with van der Waals surface area (Å²) in [6, 6.07) is 13.2. The number of benzene rings is 2. The van der Waals surface area contributed by atoms with Crippen LogP contribution in [0.4, 0.5) is 8.78 Å². The van der Waals surface area contributed by atoms with Crippen molar-refractivity contribution in [2.75, 3.05) is 19.8 Å². The highest BCUT2D eigenvalue weighted by molar-refractivity contribution is 5.19. The largest absolute Gasteiger partial charge is 0.389 e. The molecule has 0 bridgehead atoms. The van der Waals surface area contributed by atoms with E-state index >= 15 is 0 Å². The van der Waals surface area contributed by atoms with Crippen molar-refractivity contribution in [3.05, 3.63) is 71.3 Å². The van der Waals surface area contributed by atoms with E-state index in [0.717, 1.165) is 11.6 Å². The average molecular weight is 345 g/mol. The minimum Gasteiger partial charge on any atom is -0.389 e. The van der Waals surface area contributed by atoms with Crippen LogP contribution in [0.15, 0.2) is 48.5 Å². The second-order valence-corrected chi connectivity index (χ2v) is 5.76. The van der Waals surface area contributed by atoms with Crippen molar-refractivity contribution in [2.24, 2.45) is 0 Å². The van der Waals surface area contributed by atoms with Gasteiger partial charge in [0.2, 0.25) is 0 Å². The number of terminal acetylenes is 1. The van der Waals surface area contributed by atoms with E-state index < -0.39 is 17.7 Å². The smallest absolute Gasteiger partial charge is 0.130 e. The first kappa shape index (κ1) is 19.1. The maximum Gasteiger partial charge on any atom is 0.130 e. The minimum atomic E-state index is -0.763. The van der Waals surface area contributed by atoms with Gasteiger partial charge in [-0.1, -0.05) is 42.3 Å². The molecule has 0 aliphatic carbocycles. The summed E-state index contributed by atoms with van der Waals surface area (Å²) in [7, 11) is 0. The highest BCUT2D eigenvalue weighted by atomic mass is 19.1. The molecule has 0 spiro atoms. The first-order valence-corrected chi connectivity index (χ1v) is 7.98. The monoisotopic (exact) mass is 345 g/mol. The fourth-order valence-corrected chi connectivity index (χ4v) is 2.52. The van der Waals surface area contributed by atoms with Gasteiger partial charge in [0.25, 0.3) is 0 Å². The van der Waals surface area contributed by atoms with Crippen molar-refractivity contribution in [1.82, 2.24) is 4.90 Å². The van der Waals surface area contributed by atoms with E-state index in [9.17, 15) is 13.9 Å². The number of ether oxygens (including phenoxy) is 1. The summed E-state index contributed by atoms with van der Waals surface area (Å²) in [5, 5.41) is 10.1. The van der Waals surface area contributed by atoms with Gasteiger partial charge in [-0.15, -0.1) is 6.42 Å². The fourth-order valence-electron chi connectivity index (χ4n) is 2.52. The van der Waals surface area contributed by atoms with Crippen LogP contribution in [0.3, 0.4) is 0 Å². The molecule has 3 nitrogen and oxygen atoms in total. The van der Waals surface area contributed by atoms with E-state index in [1.807, 2.05) is 35.2 Å². The molecule has 1 N–H and O–H groups in total. The molecular weight excluding hydrogens is 324 g/mol. The second kappa shape index (κ2) is 9.90. The summed E-state index contributed by atoms with van der Waals surface area (Å²) in [6.07, 6.45) is 4.35. The lowest BCUT2D eigenvalue weighted by Crippen LogP contribution is -2.34. The highest BCUT2D eigenvalue weighted by Gasteiger charge is 2.15. The number of rotatable bonds is 9. The van der Waals surface area contributed by atoms with E-state index in [-0.39, 0.29) is 26.3 Å². The summed E-state index contributed by atoms with van der Waals surface area (Å²) in [5.41, 5.74) is 1.40. The van der Waals surface area contributed by atoms with E-state index in [2.05, 4.69) is 5.92 Å². The maximum absolute atomic E-state index is 14.0. The van der Waals surface area contributed by atoms with Gasteiger partial charge in [0.05, 0.1) is 12.7 Å². The van der Waals surface area contributed by atoms with E-state index in [1.54, 1.807) is 0 Å². The Morgan fingerprint density at radius 2 is 1.88 bits per heavy atom. The lowest BCUT2D eigenvalue weighted by Gasteiger charge is -2.25. The molecule has 0 aliphatic rings. The van der Waals surface area contributed by atoms with Crippen LogP contribution >= 0.6 is 0 Å². The third-order valence-corrected chi connectivity index (χ3v) is 3.62. The van der Waals surface area contributed by atoms with Gasteiger partial charge in [-0.05, 0) is 11.6 Å². The van der Waals surface area contributed by atoms with Gasteiger partial charge < -0.3 is 9.84 Å². The van der Waals surface area contributed by atoms with Crippen LogP contribution in [-0.2, 0) is 17.8 Å². The molecule has 0 aliphatic heterocycles. The average Bonchev–Trinajstić information content (AvgIpc) is 2.58. The summed E-state index contributed by atoms with van der Waals surface area (Å²) in [5.74, 6) is 1.12. The molecule has 0 saturated carbocycles. The molecule has 0 aromatic heterocycles. The first-order chi connectivity index (χ1) is 12.1. The predicted octanol–water partition coefficient (Wildman–Crippen LogP) is 2.98. The van der Waals surface area contributed by atoms with Crippen LogP contribution in [0.1, 0.15) is 11.1 Å². The zero-order valence-corrected chi connectivity index (χ0v) is 13.9. The number of hydrogen-bond acceptors (Lipinski definition) is 3. The van der Waals surface area contributed by atoms with Crippen LogP contribution < -0.4 is 0 Å². The Kier molecular flexibility index (Phi) is 7.55. The Balaban J connectivity index is 2.06. The third kappa shape index (κ3) is 6.63. The fraction of sp³-hybridized carbons (Fsp3) is 0.300. The van der Waals surface area contributed by atoms with Crippen molar-refractivity contribution in [2.45, 2.75) is 19.2 Å². The van der Waals surface area contributed by atoms with Gasteiger partial charge in [-0.2, -0.15) is 0 Å². The Morgan fingerprint density at radius 1 is 1.12 bits per heavy atom. The summed E-state index contributed by atoms with van der Waals surface area (Å²) >= 11 is 0. The van der Waals surface area contributed by atoms with Gasteiger partial charge in [-0.3, -0.25) is 4.90 Å². The Labute approximate surface area is 146 Å². The summed E-state index contributed by atoms with van der Waals surface area (Å²) in [4.78, 5) is 1.88. The zero-order chi connectivity index (χ0) is 18.1. The Hall–Kier alpha value is -2.26. The van der Waals surface area contributed by atoms with Gasteiger partial charge in [-0.25, -0.2) is 8.78 Å². The maximum atomic E-state index is 14.0. The van der Waals surface area contributed by atoms with Gasteiger partial charge in [0.15, 0.2) is 0 Å². The van der Waals surface area contributed by atoms with Gasteiger partial charge >= 0.3 is 0 Å². The summed E-state index contributed by atoms with van der Waals surface area (Å²) in [6.45, 7) is 1.26. The first-order valence-electron chi connectivity index (χ1n) is 7.98. The van der Waals surface area contributed by atoms with Crippen LogP contribution in [-0.4, -0.2) is 35.9 Å².